The third-order valence-electron chi connectivity index (χ3n) is 1.92. The lowest BCUT2D eigenvalue weighted by Gasteiger charge is -1.98. The molecule has 2 aromatic heterocycles. The quantitative estimate of drug-likeness (QED) is 0.757. The molecule has 0 aliphatic carbocycles. The number of hydrogen-bond donors (Lipinski definition) is 1. The molecule has 2 heterocycles. The van der Waals surface area contributed by atoms with Gasteiger partial charge in [-0.1, -0.05) is 11.6 Å². The molecule has 1 N–H and O–H groups in total. The fraction of sp³-hybridized carbons (Fsp3) is 0.250. The summed E-state index contributed by atoms with van der Waals surface area (Å²) in [6, 6.07) is 1.84. The van der Waals surface area contributed by atoms with Crippen molar-refractivity contribution in [3.8, 4) is 5.82 Å². The van der Waals surface area contributed by atoms with Gasteiger partial charge in [0.2, 0.25) is 0 Å². The Balaban J connectivity index is 2.59. The molecule has 13 heavy (non-hydrogen) atoms. The lowest BCUT2D eigenvalue weighted by molar-refractivity contribution is 0.798. The van der Waals surface area contributed by atoms with E-state index in [1.54, 1.807) is 10.9 Å². The first-order chi connectivity index (χ1) is 6.20. The molecule has 2 rings (SSSR count). The van der Waals surface area contributed by atoms with Gasteiger partial charge in [0.05, 0.1) is 22.6 Å². The average Bonchev–Trinajstić information content (AvgIpc) is 2.70. The second kappa shape index (κ2) is 2.88. The van der Waals surface area contributed by atoms with Crippen LogP contribution in [0.15, 0.2) is 12.3 Å². The van der Waals surface area contributed by atoms with E-state index < -0.39 is 0 Å². The van der Waals surface area contributed by atoms with Gasteiger partial charge in [-0.25, -0.2) is 4.68 Å². The monoisotopic (exact) mass is 196 g/mol. The van der Waals surface area contributed by atoms with E-state index in [1.165, 1.54) is 0 Å². The van der Waals surface area contributed by atoms with Gasteiger partial charge in [-0.3, -0.25) is 5.10 Å². The zero-order valence-electron chi connectivity index (χ0n) is 7.37. The van der Waals surface area contributed by atoms with E-state index in [0.29, 0.717) is 5.02 Å². The summed E-state index contributed by atoms with van der Waals surface area (Å²) in [6.45, 7) is 3.80. The zero-order chi connectivity index (χ0) is 9.42. The van der Waals surface area contributed by atoms with Crippen LogP contribution in [0.5, 0.6) is 0 Å². The van der Waals surface area contributed by atoms with E-state index in [9.17, 15) is 0 Å². The Labute approximate surface area is 80.5 Å². The summed E-state index contributed by atoms with van der Waals surface area (Å²) in [4.78, 5) is 0. The van der Waals surface area contributed by atoms with Crippen LogP contribution in [0.4, 0.5) is 0 Å². The van der Waals surface area contributed by atoms with Crippen LogP contribution in [0.2, 0.25) is 5.02 Å². The second-order valence-electron chi connectivity index (χ2n) is 2.84. The highest BCUT2D eigenvalue weighted by Crippen LogP contribution is 2.20. The van der Waals surface area contributed by atoms with Crippen LogP contribution in [0.25, 0.3) is 5.82 Å². The summed E-state index contributed by atoms with van der Waals surface area (Å²) in [5, 5.41) is 11.6. The van der Waals surface area contributed by atoms with Crippen molar-refractivity contribution in [3.05, 3.63) is 28.7 Å². The number of aromatic nitrogens is 4. The highest BCUT2D eigenvalue weighted by atomic mass is 35.5. The van der Waals surface area contributed by atoms with Crippen molar-refractivity contribution in [3.63, 3.8) is 0 Å². The van der Waals surface area contributed by atoms with Gasteiger partial charge < -0.3 is 0 Å². The van der Waals surface area contributed by atoms with Gasteiger partial charge >= 0.3 is 0 Å². The van der Waals surface area contributed by atoms with Crippen LogP contribution < -0.4 is 0 Å². The molecule has 0 saturated carbocycles. The van der Waals surface area contributed by atoms with Gasteiger partial charge in [-0.2, -0.15) is 10.2 Å². The SMILES string of the molecule is Cc1nn(-c2ccn[nH]2)c(C)c1Cl. The lowest BCUT2D eigenvalue weighted by Crippen LogP contribution is -1.99. The van der Waals surface area contributed by atoms with Crippen molar-refractivity contribution >= 4 is 11.6 Å². The molecule has 0 radical (unpaired) electrons. The molecule has 5 heteroatoms. The summed E-state index contributed by atoms with van der Waals surface area (Å²) >= 11 is 6.00. The molecule has 0 atom stereocenters. The number of nitrogens with one attached hydrogen (secondary N) is 1. The minimum absolute atomic E-state index is 0.703. The van der Waals surface area contributed by atoms with Gasteiger partial charge in [0.15, 0.2) is 0 Å². The first-order valence-electron chi connectivity index (χ1n) is 3.91. The Morgan fingerprint density at radius 1 is 1.46 bits per heavy atom. The Bertz CT molecular complexity index is 416. The smallest absolute Gasteiger partial charge is 0.149 e. The maximum atomic E-state index is 6.00. The molecule has 0 aliphatic heterocycles. The van der Waals surface area contributed by atoms with Gasteiger partial charge in [0.1, 0.15) is 5.82 Å². The predicted octanol–water partition coefficient (Wildman–Crippen LogP) is 1.87. The van der Waals surface area contributed by atoms with E-state index >= 15 is 0 Å². The van der Waals surface area contributed by atoms with Crippen molar-refractivity contribution in [1.29, 1.82) is 0 Å². The maximum Gasteiger partial charge on any atom is 0.149 e. The van der Waals surface area contributed by atoms with Gasteiger partial charge in [-0.05, 0) is 13.8 Å². The Morgan fingerprint density at radius 2 is 2.23 bits per heavy atom. The Kier molecular flexibility index (Phi) is 1.84. The van der Waals surface area contributed by atoms with E-state index in [0.717, 1.165) is 17.2 Å². The molecule has 4 nitrogen and oxygen atoms in total. The molecule has 0 bridgehead atoms. The largest absolute Gasteiger partial charge is 0.261 e. The van der Waals surface area contributed by atoms with Crippen LogP contribution in [-0.4, -0.2) is 20.0 Å². The van der Waals surface area contributed by atoms with Gasteiger partial charge in [0, 0.05) is 6.07 Å². The number of rotatable bonds is 1. The molecule has 0 aromatic carbocycles. The van der Waals surface area contributed by atoms with Crippen molar-refractivity contribution < 1.29 is 0 Å². The highest BCUT2D eigenvalue weighted by Gasteiger charge is 2.10. The minimum Gasteiger partial charge on any atom is -0.261 e. The van der Waals surface area contributed by atoms with Crippen molar-refractivity contribution in [1.82, 2.24) is 20.0 Å². The lowest BCUT2D eigenvalue weighted by atomic mass is 10.4. The number of H-pyrrole nitrogens is 1. The highest BCUT2D eigenvalue weighted by molar-refractivity contribution is 6.31. The van der Waals surface area contributed by atoms with E-state index in [-0.39, 0.29) is 0 Å². The molecule has 0 spiro atoms. The molecule has 2 aromatic rings. The summed E-state index contributed by atoms with van der Waals surface area (Å²) in [5.41, 5.74) is 1.75. The van der Waals surface area contributed by atoms with Crippen LogP contribution in [0.1, 0.15) is 11.4 Å². The summed E-state index contributed by atoms with van der Waals surface area (Å²) in [7, 11) is 0. The normalized spacial score (nSPS) is 10.7. The van der Waals surface area contributed by atoms with Crippen molar-refractivity contribution in [2.24, 2.45) is 0 Å². The van der Waals surface area contributed by atoms with Crippen LogP contribution in [0, 0.1) is 13.8 Å². The van der Waals surface area contributed by atoms with E-state index in [1.807, 2.05) is 19.9 Å². The Hall–Kier alpha value is -1.29. The van der Waals surface area contributed by atoms with Crippen molar-refractivity contribution in [2.75, 3.05) is 0 Å². The molecular weight excluding hydrogens is 188 g/mol. The number of nitrogens with zero attached hydrogens (tertiary/aromatic N) is 3. The van der Waals surface area contributed by atoms with E-state index in [2.05, 4.69) is 15.3 Å². The molecule has 0 unspecified atom stereocenters. The van der Waals surface area contributed by atoms with E-state index in [4.69, 9.17) is 11.6 Å². The standard InChI is InChI=1S/C8H9ClN4/c1-5-8(9)6(2)13(12-5)7-3-4-10-11-7/h3-4H,1-2H3,(H,10,11). The topological polar surface area (TPSA) is 46.5 Å². The van der Waals surface area contributed by atoms with Gasteiger partial charge in [0.25, 0.3) is 0 Å². The molecule has 0 amide bonds. The molecule has 0 fully saturated rings. The first-order valence-corrected chi connectivity index (χ1v) is 4.29. The van der Waals surface area contributed by atoms with Crippen LogP contribution >= 0.6 is 11.6 Å². The van der Waals surface area contributed by atoms with Crippen LogP contribution in [-0.2, 0) is 0 Å². The molecule has 0 saturated heterocycles. The molecule has 68 valence electrons. The average molecular weight is 197 g/mol. The zero-order valence-corrected chi connectivity index (χ0v) is 8.13. The predicted molar refractivity (Wildman–Crippen MR) is 50.2 cm³/mol. The Morgan fingerprint density at radius 3 is 2.69 bits per heavy atom. The maximum absolute atomic E-state index is 6.00. The number of aryl methyl sites for hydroxylation is 1. The van der Waals surface area contributed by atoms with Gasteiger partial charge in [-0.15, -0.1) is 0 Å². The molecular formula is C8H9ClN4. The second-order valence-corrected chi connectivity index (χ2v) is 3.22. The first kappa shape index (κ1) is 8.31. The number of halogens is 1. The fourth-order valence-corrected chi connectivity index (χ4v) is 1.34. The fourth-order valence-electron chi connectivity index (χ4n) is 1.22. The van der Waals surface area contributed by atoms with Crippen LogP contribution in [0.3, 0.4) is 0 Å². The third kappa shape index (κ3) is 1.23. The summed E-state index contributed by atoms with van der Waals surface area (Å²) in [5.74, 6) is 0.826. The summed E-state index contributed by atoms with van der Waals surface area (Å²) in [6.07, 6.45) is 1.68. The molecule has 0 aliphatic rings. The van der Waals surface area contributed by atoms with Crippen molar-refractivity contribution in [2.45, 2.75) is 13.8 Å². The number of aromatic amines is 1. The summed E-state index contributed by atoms with van der Waals surface area (Å²) < 4.78 is 1.74. The minimum atomic E-state index is 0.703. The third-order valence-corrected chi connectivity index (χ3v) is 2.46. The number of hydrogen-bond acceptors (Lipinski definition) is 2.